The van der Waals surface area contributed by atoms with Crippen LogP contribution in [0.5, 0.6) is 5.75 Å². The number of amides is 1. The van der Waals surface area contributed by atoms with Gasteiger partial charge in [0.2, 0.25) is 0 Å². The Hall–Kier alpha value is -2.36. The van der Waals surface area contributed by atoms with Crippen LogP contribution in [0.25, 0.3) is 0 Å². The van der Waals surface area contributed by atoms with Crippen molar-refractivity contribution in [3.05, 3.63) is 64.5 Å². The van der Waals surface area contributed by atoms with Crippen LogP contribution in [0.3, 0.4) is 0 Å². The zero-order chi connectivity index (χ0) is 16.4. The van der Waals surface area contributed by atoms with Gasteiger partial charge in [0.05, 0.1) is 7.11 Å². The van der Waals surface area contributed by atoms with E-state index in [1.165, 1.54) is 17.2 Å². The maximum Gasteiger partial charge on any atom is 0.251 e. The van der Waals surface area contributed by atoms with Crippen molar-refractivity contribution in [3.63, 3.8) is 0 Å². The molecule has 0 saturated heterocycles. The topological polar surface area (TPSA) is 38.3 Å². The number of rotatable bonds is 3. The van der Waals surface area contributed by atoms with Crippen LogP contribution < -0.4 is 10.1 Å². The lowest BCUT2D eigenvalue weighted by Gasteiger charge is -2.26. The Morgan fingerprint density at radius 3 is 2.78 bits per heavy atom. The van der Waals surface area contributed by atoms with Crippen molar-refractivity contribution in [1.29, 1.82) is 0 Å². The van der Waals surface area contributed by atoms with Crippen molar-refractivity contribution in [2.45, 2.75) is 32.2 Å². The minimum absolute atomic E-state index is 0.0766. The lowest BCUT2D eigenvalue weighted by atomic mass is 9.88. The van der Waals surface area contributed by atoms with Gasteiger partial charge in [-0.2, -0.15) is 0 Å². The highest BCUT2D eigenvalue weighted by molar-refractivity contribution is 5.94. The van der Waals surface area contributed by atoms with Crippen LogP contribution in [-0.4, -0.2) is 19.1 Å². The second-order valence-corrected chi connectivity index (χ2v) is 6.01. The number of ether oxygens (including phenoxy) is 1. The Morgan fingerprint density at radius 2 is 2.04 bits per heavy atom. The molecule has 1 amide bonds. The highest BCUT2D eigenvalue weighted by Crippen LogP contribution is 2.25. The van der Waals surface area contributed by atoms with E-state index in [2.05, 4.69) is 17.4 Å². The van der Waals surface area contributed by atoms with Gasteiger partial charge >= 0.3 is 0 Å². The van der Waals surface area contributed by atoms with Crippen molar-refractivity contribution in [2.24, 2.45) is 0 Å². The molecule has 0 radical (unpaired) electrons. The first kappa shape index (κ1) is 15.5. The molecule has 23 heavy (non-hydrogen) atoms. The zero-order valence-electron chi connectivity index (χ0n) is 13.4. The van der Waals surface area contributed by atoms with Gasteiger partial charge in [-0.25, -0.2) is 4.39 Å². The molecule has 0 spiro atoms. The molecule has 3 nitrogen and oxygen atoms in total. The van der Waals surface area contributed by atoms with Crippen molar-refractivity contribution in [1.82, 2.24) is 5.32 Å². The summed E-state index contributed by atoms with van der Waals surface area (Å²) in [7, 11) is 1.66. The average Bonchev–Trinajstić information content (AvgIpc) is 2.56. The first-order valence-electron chi connectivity index (χ1n) is 7.79. The van der Waals surface area contributed by atoms with Gasteiger partial charge in [-0.15, -0.1) is 0 Å². The summed E-state index contributed by atoms with van der Waals surface area (Å²) in [5.41, 5.74) is 3.42. The van der Waals surface area contributed by atoms with E-state index in [0.29, 0.717) is 11.1 Å². The fraction of sp³-hybridized carbons (Fsp3) is 0.316. The Labute approximate surface area is 135 Å². The number of aryl methyl sites for hydroxylation is 2. The normalized spacial score (nSPS) is 16.6. The molecular formula is C19H20FNO2. The summed E-state index contributed by atoms with van der Waals surface area (Å²) < 4.78 is 18.8. The molecule has 4 heteroatoms. The molecule has 1 N–H and O–H groups in total. The number of carbonyl (C=O) groups is 1. The van der Waals surface area contributed by atoms with Gasteiger partial charge in [-0.3, -0.25) is 4.79 Å². The summed E-state index contributed by atoms with van der Waals surface area (Å²) in [6.07, 6.45) is 2.57. The van der Waals surface area contributed by atoms with Crippen LogP contribution >= 0.6 is 0 Å². The summed E-state index contributed by atoms with van der Waals surface area (Å²) in [6.45, 7) is 1.68. The van der Waals surface area contributed by atoms with Crippen LogP contribution in [0, 0.1) is 12.7 Å². The molecule has 0 bridgehead atoms. The number of hydrogen-bond donors (Lipinski definition) is 1. The number of nitrogens with one attached hydrogen (secondary N) is 1. The monoisotopic (exact) mass is 313 g/mol. The summed E-state index contributed by atoms with van der Waals surface area (Å²) >= 11 is 0. The van der Waals surface area contributed by atoms with Crippen molar-refractivity contribution in [3.8, 4) is 5.75 Å². The minimum Gasteiger partial charge on any atom is -0.497 e. The highest BCUT2D eigenvalue weighted by atomic mass is 19.1. The first-order valence-corrected chi connectivity index (χ1v) is 7.79. The van der Waals surface area contributed by atoms with E-state index in [4.69, 9.17) is 4.74 Å². The third-order valence-corrected chi connectivity index (χ3v) is 4.41. The molecule has 1 aliphatic rings. The summed E-state index contributed by atoms with van der Waals surface area (Å²) in [5.74, 6) is 0.297. The van der Waals surface area contributed by atoms with E-state index < -0.39 is 0 Å². The molecule has 0 aliphatic heterocycles. The third-order valence-electron chi connectivity index (χ3n) is 4.41. The molecule has 0 heterocycles. The van der Waals surface area contributed by atoms with Crippen molar-refractivity contribution >= 4 is 5.91 Å². The number of halogens is 1. The lowest BCUT2D eigenvalue weighted by Crippen LogP contribution is -2.38. The second-order valence-electron chi connectivity index (χ2n) is 6.01. The summed E-state index contributed by atoms with van der Waals surface area (Å²) in [6, 6.07) is 10.7. The van der Waals surface area contributed by atoms with E-state index in [1.54, 1.807) is 26.2 Å². The van der Waals surface area contributed by atoms with Gasteiger partial charge in [0.25, 0.3) is 5.91 Å². The van der Waals surface area contributed by atoms with E-state index >= 15 is 0 Å². The quantitative estimate of drug-likeness (QED) is 0.943. The number of hydrogen-bond acceptors (Lipinski definition) is 2. The maximum absolute atomic E-state index is 13.6. The Balaban J connectivity index is 1.69. The second kappa shape index (κ2) is 6.41. The molecule has 0 aromatic heterocycles. The lowest BCUT2D eigenvalue weighted by molar-refractivity contribution is 0.0933. The molecule has 3 rings (SSSR count). The molecule has 0 saturated carbocycles. The first-order chi connectivity index (χ1) is 11.1. The standard InChI is InChI=1S/C19H20FNO2/c1-12-3-4-15(11-18(12)20)19(22)21-16-7-5-14-10-17(23-2)8-6-13(14)9-16/h3-4,6,8,10-11,16H,5,7,9H2,1-2H3,(H,21,22). The Bertz CT molecular complexity index is 742. The number of benzene rings is 2. The van der Waals surface area contributed by atoms with Gasteiger partial charge in [-0.05, 0) is 67.1 Å². The Kier molecular flexibility index (Phi) is 4.33. The van der Waals surface area contributed by atoms with Crippen molar-refractivity contribution < 1.29 is 13.9 Å². The van der Waals surface area contributed by atoms with Crippen LogP contribution in [0.15, 0.2) is 36.4 Å². The van der Waals surface area contributed by atoms with E-state index in [-0.39, 0.29) is 17.8 Å². The third kappa shape index (κ3) is 3.36. The van der Waals surface area contributed by atoms with Gasteiger partial charge < -0.3 is 10.1 Å². The number of carbonyl (C=O) groups excluding carboxylic acids is 1. The SMILES string of the molecule is COc1ccc2c(c1)CCC(NC(=O)c1ccc(C)c(F)c1)C2. The van der Waals surface area contributed by atoms with Gasteiger partial charge in [0, 0.05) is 11.6 Å². The van der Waals surface area contributed by atoms with E-state index in [9.17, 15) is 9.18 Å². The summed E-state index contributed by atoms with van der Waals surface area (Å²) in [5, 5.41) is 3.01. The molecule has 2 aromatic rings. The van der Waals surface area contributed by atoms with E-state index in [1.807, 2.05) is 6.07 Å². The number of fused-ring (bicyclic) bond motifs is 1. The number of methoxy groups -OCH3 is 1. The minimum atomic E-state index is -0.348. The Morgan fingerprint density at radius 1 is 1.22 bits per heavy atom. The predicted molar refractivity (Wildman–Crippen MR) is 87.4 cm³/mol. The molecule has 120 valence electrons. The van der Waals surface area contributed by atoms with Crippen molar-refractivity contribution in [2.75, 3.05) is 7.11 Å². The van der Waals surface area contributed by atoms with Gasteiger partial charge in [0.15, 0.2) is 0 Å². The molecule has 2 aromatic carbocycles. The smallest absolute Gasteiger partial charge is 0.251 e. The van der Waals surface area contributed by atoms with Gasteiger partial charge in [-0.1, -0.05) is 12.1 Å². The zero-order valence-corrected chi connectivity index (χ0v) is 13.4. The molecule has 1 aliphatic carbocycles. The molecular weight excluding hydrogens is 293 g/mol. The highest BCUT2D eigenvalue weighted by Gasteiger charge is 2.21. The largest absolute Gasteiger partial charge is 0.497 e. The fourth-order valence-electron chi connectivity index (χ4n) is 2.98. The van der Waals surface area contributed by atoms with Crippen LogP contribution in [0.4, 0.5) is 4.39 Å². The fourth-order valence-corrected chi connectivity index (χ4v) is 2.98. The molecule has 1 atom stereocenters. The van der Waals surface area contributed by atoms with E-state index in [0.717, 1.165) is 25.0 Å². The molecule has 0 fully saturated rings. The molecule has 1 unspecified atom stereocenters. The summed E-state index contributed by atoms with van der Waals surface area (Å²) in [4.78, 5) is 12.3. The maximum atomic E-state index is 13.6. The van der Waals surface area contributed by atoms with Crippen LogP contribution in [0.1, 0.15) is 33.5 Å². The van der Waals surface area contributed by atoms with Crippen LogP contribution in [0.2, 0.25) is 0 Å². The predicted octanol–water partition coefficient (Wildman–Crippen LogP) is 3.43. The average molecular weight is 313 g/mol. The van der Waals surface area contributed by atoms with Gasteiger partial charge in [0.1, 0.15) is 11.6 Å². The van der Waals surface area contributed by atoms with Crippen LogP contribution in [-0.2, 0) is 12.8 Å².